The molecule has 1 aliphatic rings. The fraction of sp³-hybridized carbons (Fsp3) is 0.280. The number of carboxylic acids is 1. The van der Waals surface area contributed by atoms with Gasteiger partial charge in [-0.25, -0.2) is 9.78 Å². The van der Waals surface area contributed by atoms with Gasteiger partial charge in [-0.3, -0.25) is 14.5 Å². The van der Waals surface area contributed by atoms with E-state index in [0.29, 0.717) is 65.7 Å². The van der Waals surface area contributed by atoms with Crippen molar-refractivity contribution in [2.24, 2.45) is 0 Å². The normalized spacial score (nSPS) is 14.1. The molecule has 0 radical (unpaired) electrons. The van der Waals surface area contributed by atoms with E-state index in [1.807, 2.05) is 4.90 Å². The maximum atomic E-state index is 12.6. The molecule has 2 aromatic carbocycles. The molecule has 1 saturated heterocycles. The molecule has 0 spiro atoms. The lowest BCUT2D eigenvalue weighted by Gasteiger charge is -2.35. The Morgan fingerprint density at radius 1 is 1.06 bits per heavy atom. The van der Waals surface area contributed by atoms with Gasteiger partial charge in [-0.2, -0.15) is 0 Å². The van der Waals surface area contributed by atoms with Crippen LogP contribution < -0.4 is 10.2 Å². The van der Waals surface area contributed by atoms with E-state index in [1.165, 1.54) is 0 Å². The van der Waals surface area contributed by atoms with Crippen molar-refractivity contribution in [2.75, 3.05) is 57.0 Å². The number of hydrogen-bond donors (Lipinski definition) is 2. The Morgan fingerprint density at radius 2 is 1.80 bits per heavy atom. The van der Waals surface area contributed by atoms with Crippen molar-refractivity contribution >= 4 is 51.8 Å². The molecular weight excluding hydrogens is 470 g/mol. The monoisotopic (exact) mass is 495 g/mol. The molecule has 2 N–H and O–H groups in total. The second-order valence-electron chi connectivity index (χ2n) is 8.58. The highest BCUT2D eigenvalue weighted by atomic mass is 35.5. The number of carboxylic acid groups (broad SMARTS) is 1. The number of carbonyl (C=O) groups excluding carboxylic acids is 2. The van der Waals surface area contributed by atoms with Crippen LogP contribution in [0.1, 0.15) is 20.7 Å². The molecule has 1 fully saturated rings. The third-order valence-electron chi connectivity index (χ3n) is 5.92. The summed E-state index contributed by atoms with van der Waals surface area (Å²) in [6, 6.07) is 13.1. The zero-order valence-corrected chi connectivity index (χ0v) is 20.2. The van der Waals surface area contributed by atoms with Gasteiger partial charge in [0.25, 0.3) is 5.91 Å². The van der Waals surface area contributed by atoms with E-state index in [2.05, 4.69) is 15.2 Å². The number of amides is 2. The number of anilines is 2. The number of carbonyl (C=O) groups is 3. The van der Waals surface area contributed by atoms with Crippen molar-refractivity contribution in [1.82, 2.24) is 14.8 Å². The first-order valence-electron chi connectivity index (χ1n) is 11.1. The van der Waals surface area contributed by atoms with E-state index in [0.717, 1.165) is 0 Å². The minimum atomic E-state index is -1.08. The fourth-order valence-corrected chi connectivity index (χ4v) is 4.12. The number of fused-ring (bicyclic) bond motifs is 1. The van der Waals surface area contributed by atoms with Gasteiger partial charge in [0.05, 0.1) is 17.6 Å². The lowest BCUT2D eigenvalue weighted by molar-refractivity contribution is -0.129. The summed E-state index contributed by atoms with van der Waals surface area (Å²) in [4.78, 5) is 47.0. The molecule has 10 heteroatoms. The Hall–Kier alpha value is -3.69. The Morgan fingerprint density at radius 3 is 2.46 bits per heavy atom. The number of pyridine rings is 1. The van der Waals surface area contributed by atoms with Gasteiger partial charge in [-0.05, 0) is 42.5 Å². The Balaban J connectivity index is 1.54. The topological polar surface area (TPSA) is 106 Å². The van der Waals surface area contributed by atoms with Crippen molar-refractivity contribution < 1.29 is 19.5 Å². The predicted octanol–water partition coefficient (Wildman–Crippen LogP) is 3.05. The Kier molecular flexibility index (Phi) is 7.18. The quantitative estimate of drug-likeness (QED) is 0.541. The zero-order valence-electron chi connectivity index (χ0n) is 19.5. The first-order chi connectivity index (χ1) is 16.7. The van der Waals surface area contributed by atoms with Crippen LogP contribution in [-0.2, 0) is 4.79 Å². The van der Waals surface area contributed by atoms with Gasteiger partial charge in [0.15, 0.2) is 0 Å². The Labute approximate surface area is 207 Å². The number of likely N-dealkylation sites (N-methyl/N-ethyl adjacent to an activating group) is 1. The predicted molar refractivity (Wildman–Crippen MR) is 135 cm³/mol. The van der Waals surface area contributed by atoms with Crippen molar-refractivity contribution in [3.05, 3.63) is 64.7 Å². The minimum Gasteiger partial charge on any atom is -0.478 e. The van der Waals surface area contributed by atoms with Crippen LogP contribution in [0.5, 0.6) is 0 Å². The molecule has 1 aromatic heterocycles. The fourth-order valence-electron chi connectivity index (χ4n) is 3.93. The van der Waals surface area contributed by atoms with Crippen LogP contribution in [0.3, 0.4) is 0 Å². The van der Waals surface area contributed by atoms with Crippen molar-refractivity contribution in [2.45, 2.75) is 0 Å². The standard InChI is InChI=1S/C25H26ClN5O4/c1-29(2)23(32)15-30-8-10-31(11-9-30)22-14-20(25(34)35)19-13-18(6-7-21(19)28-22)27-24(33)16-4-3-5-17(26)12-16/h3-7,12-14H,8-11,15H2,1-2H3,(H,27,33)(H,34,35). The highest BCUT2D eigenvalue weighted by Crippen LogP contribution is 2.27. The molecule has 0 aliphatic carbocycles. The van der Waals surface area contributed by atoms with E-state index >= 15 is 0 Å². The number of rotatable bonds is 6. The number of aromatic carboxylic acids is 1. The molecule has 3 aromatic rings. The van der Waals surface area contributed by atoms with Gasteiger partial charge in [-0.15, -0.1) is 0 Å². The molecule has 1 aliphatic heterocycles. The van der Waals surface area contributed by atoms with Gasteiger partial charge in [-0.1, -0.05) is 17.7 Å². The molecule has 2 heterocycles. The molecule has 0 bridgehead atoms. The number of hydrogen-bond acceptors (Lipinski definition) is 6. The van der Waals surface area contributed by atoms with E-state index < -0.39 is 5.97 Å². The van der Waals surface area contributed by atoms with Crippen LogP contribution in [0.4, 0.5) is 11.5 Å². The van der Waals surface area contributed by atoms with Crippen LogP contribution in [0.15, 0.2) is 48.5 Å². The maximum Gasteiger partial charge on any atom is 0.336 e. The molecule has 35 heavy (non-hydrogen) atoms. The molecule has 0 saturated carbocycles. The van der Waals surface area contributed by atoms with Crippen LogP contribution >= 0.6 is 11.6 Å². The zero-order chi connectivity index (χ0) is 25.1. The largest absolute Gasteiger partial charge is 0.478 e. The molecule has 2 amide bonds. The van der Waals surface area contributed by atoms with E-state index in [9.17, 15) is 19.5 Å². The van der Waals surface area contributed by atoms with Crippen molar-refractivity contribution in [3.8, 4) is 0 Å². The number of benzene rings is 2. The SMILES string of the molecule is CN(C)C(=O)CN1CCN(c2cc(C(=O)O)c3cc(NC(=O)c4cccc(Cl)c4)ccc3n2)CC1. The van der Waals surface area contributed by atoms with Gasteiger partial charge in [0.2, 0.25) is 5.91 Å². The molecule has 0 atom stereocenters. The summed E-state index contributed by atoms with van der Waals surface area (Å²) >= 11 is 5.97. The average Bonchev–Trinajstić information content (AvgIpc) is 2.83. The smallest absolute Gasteiger partial charge is 0.336 e. The minimum absolute atomic E-state index is 0.0497. The lowest BCUT2D eigenvalue weighted by atomic mass is 10.1. The van der Waals surface area contributed by atoms with Crippen molar-refractivity contribution in [1.29, 1.82) is 0 Å². The van der Waals surface area contributed by atoms with Gasteiger partial charge < -0.3 is 20.2 Å². The average molecular weight is 496 g/mol. The highest BCUT2D eigenvalue weighted by Gasteiger charge is 2.22. The van der Waals surface area contributed by atoms with Gasteiger partial charge >= 0.3 is 5.97 Å². The van der Waals surface area contributed by atoms with Crippen molar-refractivity contribution in [3.63, 3.8) is 0 Å². The summed E-state index contributed by atoms with van der Waals surface area (Å²) < 4.78 is 0. The summed E-state index contributed by atoms with van der Waals surface area (Å²) in [5.74, 6) is -0.802. The number of nitrogens with zero attached hydrogens (tertiary/aromatic N) is 4. The van der Waals surface area contributed by atoms with Gasteiger partial charge in [0.1, 0.15) is 5.82 Å². The molecule has 9 nitrogen and oxygen atoms in total. The van der Waals surface area contributed by atoms with Crippen LogP contribution in [-0.4, -0.2) is 84.5 Å². The van der Waals surface area contributed by atoms with Crippen LogP contribution in [0.2, 0.25) is 5.02 Å². The molecule has 4 rings (SSSR count). The number of nitrogens with one attached hydrogen (secondary N) is 1. The first kappa shape index (κ1) is 24.4. The van der Waals surface area contributed by atoms with Gasteiger partial charge in [0, 0.05) is 61.9 Å². The summed E-state index contributed by atoms with van der Waals surface area (Å²) in [6.45, 7) is 2.97. The van der Waals surface area contributed by atoms with Crippen LogP contribution in [0.25, 0.3) is 10.9 Å². The van der Waals surface area contributed by atoms with E-state index in [4.69, 9.17) is 11.6 Å². The number of aromatic nitrogens is 1. The summed E-state index contributed by atoms with van der Waals surface area (Å²) in [5, 5.41) is 13.5. The van der Waals surface area contributed by atoms with E-state index in [1.54, 1.807) is 67.5 Å². The second-order valence-corrected chi connectivity index (χ2v) is 9.02. The second kappa shape index (κ2) is 10.3. The highest BCUT2D eigenvalue weighted by molar-refractivity contribution is 6.31. The third-order valence-corrected chi connectivity index (χ3v) is 6.16. The summed E-state index contributed by atoms with van der Waals surface area (Å²) in [6.07, 6.45) is 0. The summed E-state index contributed by atoms with van der Waals surface area (Å²) in [7, 11) is 3.47. The third kappa shape index (κ3) is 5.70. The van der Waals surface area contributed by atoms with Crippen LogP contribution in [0, 0.1) is 0 Å². The maximum absolute atomic E-state index is 12.6. The Bertz CT molecular complexity index is 1290. The molecule has 0 unspecified atom stereocenters. The first-order valence-corrected chi connectivity index (χ1v) is 11.5. The summed E-state index contributed by atoms with van der Waals surface area (Å²) in [5.41, 5.74) is 1.48. The number of halogens is 1. The molecular formula is C25H26ClN5O4. The lowest BCUT2D eigenvalue weighted by Crippen LogP contribution is -2.49. The molecule has 182 valence electrons. The number of piperazine rings is 1. The van der Waals surface area contributed by atoms with E-state index in [-0.39, 0.29) is 17.4 Å².